The highest BCUT2D eigenvalue weighted by molar-refractivity contribution is 6.31. The lowest BCUT2D eigenvalue weighted by Crippen LogP contribution is -2.26. The number of hydrogen-bond donors (Lipinski definition) is 1. The highest BCUT2D eigenvalue weighted by atomic mass is 35.5. The molecule has 2 rings (SSSR count). The van der Waals surface area contributed by atoms with Crippen LogP contribution < -0.4 is 5.73 Å². The quantitative estimate of drug-likeness (QED) is 0.684. The highest BCUT2D eigenvalue weighted by Crippen LogP contribution is 2.24. The summed E-state index contributed by atoms with van der Waals surface area (Å²) in [7, 11) is 0. The van der Waals surface area contributed by atoms with Crippen LogP contribution in [0.25, 0.3) is 0 Å². The molecule has 0 spiro atoms. The molecule has 1 heterocycles. The van der Waals surface area contributed by atoms with E-state index in [1.165, 1.54) is 12.1 Å². The van der Waals surface area contributed by atoms with Gasteiger partial charge in [-0.2, -0.15) is 0 Å². The number of benzene rings is 1. The molecule has 5 nitrogen and oxygen atoms in total. The maximum absolute atomic E-state index is 10.6. The summed E-state index contributed by atoms with van der Waals surface area (Å²) in [5.74, 6) is 0. The van der Waals surface area contributed by atoms with Gasteiger partial charge in [-0.25, -0.2) is 0 Å². The van der Waals surface area contributed by atoms with Gasteiger partial charge in [-0.1, -0.05) is 11.6 Å². The van der Waals surface area contributed by atoms with E-state index in [2.05, 4.69) is 4.90 Å². The van der Waals surface area contributed by atoms with Crippen molar-refractivity contribution in [2.24, 2.45) is 5.73 Å². The van der Waals surface area contributed by atoms with Crippen LogP contribution >= 0.6 is 24.0 Å². The van der Waals surface area contributed by atoms with E-state index >= 15 is 0 Å². The van der Waals surface area contributed by atoms with Gasteiger partial charge in [-0.15, -0.1) is 12.4 Å². The fourth-order valence-corrected chi connectivity index (χ4v) is 2.26. The number of nitrogens with two attached hydrogens (primary N) is 1. The lowest BCUT2D eigenvalue weighted by atomic mass is 10.2. The van der Waals surface area contributed by atoms with E-state index in [1.54, 1.807) is 6.07 Å². The second-order valence-electron chi connectivity index (χ2n) is 4.32. The third kappa shape index (κ3) is 3.55. The number of likely N-dealkylation sites (tertiary alicyclic amines) is 1. The Morgan fingerprint density at radius 2 is 2.28 bits per heavy atom. The number of halogens is 2. The van der Waals surface area contributed by atoms with Crippen LogP contribution in [0.15, 0.2) is 18.2 Å². The van der Waals surface area contributed by atoms with Crippen LogP contribution in [0, 0.1) is 10.1 Å². The van der Waals surface area contributed by atoms with Crippen molar-refractivity contribution >= 4 is 29.7 Å². The van der Waals surface area contributed by atoms with E-state index in [0.717, 1.165) is 25.1 Å². The minimum atomic E-state index is -0.443. The van der Waals surface area contributed by atoms with Gasteiger partial charge < -0.3 is 5.73 Å². The molecule has 0 aromatic heterocycles. The average Bonchev–Trinajstić information content (AvgIpc) is 2.67. The van der Waals surface area contributed by atoms with E-state index in [9.17, 15) is 10.1 Å². The molecule has 1 fully saturated rings. The lowest BCUT2D eigenvalue weighted by Gasteiger charge is -2.15. The molecule has 1 aromatic carbocycles. The van der Waals surface area contributed by atoms with Crippen molar-refractivity contribution < 1.29 is 4.92 Å². The van der Waals surface area contributed by atoms with Crippen LogP contribution in [0.5, 0.6) is 0 Å². The Balaban J connectivity index is 0.00000162. The van der Waals surface area contributed by atoms with Gasteiger partial charge in [0.05, 0.1) is 9.95 Å². The molecule has 0 radical (unpaired) electrons. The van der Waals surface area contributed by atoms with Gasteiger partial charge in [-0.3, -0.25) is 15.0 Å². The summed E-state index contributed by atoms with van der Waals surface area (Å²) >= 11 is 6.03. The standard InChI is InChI=1S/C11H14ClN3O2.ClH/c12-11-5-10(15(16)17)2-1-8(11)6-14-4-3-9(13)7-14;/h1-2,5,9H,3-4,6-7,13H2;1H/t9-;/m1./s1. The molecule has 7 heteroatoms. The summed E-state index contributed by atoms with van der Waals surface area (Å²) in [6, 6.07) is 4.82. The molecule has 1 saturated heterocycles. The minimum absolute atomic E-state index is 0. The van der Waals surface area contributed by atoms with Crippen LogP contribution in [0.3, 0.4) is 0 Å². The summed E-state index contributed by atoms with van der Waals surface area (Å²) in [6.07, 6.45) is 0.991. The Labute approximate surface area is 116 Å². The Morgan fingerprint density at radius 3 is 2.78 bits per heavy atom. The number of rotatable bonds is 3. The van der Waals surface area contributed by atoms with Crippen molar-refractivity contribution in [2.75, 3.05) is 13.1 Å². The normalized spacial score (nSPS) is 19.6. The number of nitrogens with zero attached hydrogens (tertiary/aromatic N) is 2. The number of nitro benzene ring substituents is 1. The smallest absolute Gasteiger partial charge is 0.270 e. The molecule has 0 aliphatic carbocycles. The second kappa shape index (κ2) is 6.33. The molecule has 1 aromatic rings. The van der Waals surface area contributed by atoms with Crippen molar-refractivity contribution in [1.82, 2.24) is 4.90 Å². The summed E-state index contributed by atoms with van der Waals surface area (Å²) in [6.45, 7) is 2.51. The Morgan fingerprint density at radius 1 is 1.56 bits per heavy atom. The molecular formula is C11H15Cl2N3O2. The van der Waals surface area contributed by atoms with Crippen LogP contribution in [0.4, 0.5) is 5.69 Å². The Kier molecular flexibility index (Phi) is 5.34. The molecule has 1 aliphatic heterocycles. The van der Waals surface area contributed by atoms with Crippen molar-refractivity contribution in [3.05, 3.63) is 38.9 Å². The van der Waals surface area contributed by atoms with Gasteiger partial charge in [0.1, 0.15) is 0 Å². The summed E-state index contributed by atoms with van der Waals surface area (Å²) in [4.78, 5) is 12.3. The third-order valence-corrected chi connectivity index (χ3v) is 3.30. The maximum Gasteiger partial charge on any atom is 0.270 e. The first-order chi connectivity index (χ1) is 8.06. The van der Waals surface area contributed by atoms with Crippen LogP contribution in [-0.4, -0.2) is 29.0 Å². The number of non-ortho nitro benzene ring substituents is 1. The van der Waals surface area contributed by atoms with Crippen LogP contribution in [-0.2, 0) is 6.54 Å². The topological polar surface area (TPSA) is 72.4 Å². The lowest BCUT2D eigenvalue weighted by molar-refractivity contribution is -0.384. The first-order valence-electron chi connectivity index (χ1n) is 5.47. The third-order valence-electron chi connectivity index (χ3n) is 2.95. The van der Waals surface area contributed by atoms with Gasteiger partial charge in [-0.05, 0) is 18.1 Å². The van der Waals surface area contributed by atoms with Crippen molar-refractivity contribution in [2.45, 2.75) is 19.0 Å². The van der Waals surface area contributed by atoms with Crippen LogP contribution in [0.1, 0.15) is 12.0 Å². The number of hydrogen-bond acceptors (Lipinski definition) is 4. The Bertz CT molecular complexity index is 442. The van der Waals surface area contributed by atoms with Gasteiger partial charge in [0, 0.05) is 37.8 Å². The van der Waals surface area contributed by atoms with Gasteiger partial charge in [0.15, 0.2) is 0 Å². The molecule has 0 unspecified atom stereocenters. The minimum Gasteiger partial charge on any atom is -0.326 e. The largest absolute Gasteiger partial charge is 0.326 e. The molecule has 0 bridgehead atoms. The Hall–Kier alpha value is -0.880. The van der Waals surface area contributed by atoms with Crippen molar-refractivity contribution in [3.8, 4) is 0 Å². The first-order valence-corrected chi connectivity index (χ1v) is 5.85. The average molecular weight is 292 g/mol. The molecule has 1 aliphatic rings. The second-order valence-corrected chi connectivity index (χ2v) is 4.72. The van der Waals surface area contributed by atoms with Crippen molar-refractivity contribution in [1.29, 1.82) is 0 Å². The predicted octanol–water partition coefficient (Wildman–Crippen LogP) is 2.20. The molecule has 0 saturated carbocycles. The van der Waals surface area contributed by atoms with E-state index in [-0.39, 0.29) is 24.1 Å². The van der Waals surface area contributed by atoms with E-state index < -0.39 is 4.92 Å². The van der Waals surface area contributed by atoms with E-state index in [0.29, 0.717) is 11.6 Å². The predicted molar refractivity (Wildman–Crippen MR) is 73.2 cm³/mol. The highest BCUT2D eigenvalue weighted by Gasteiger charge is 2.20. The van der Waals surface area contributed by atoms with Crippen molar-refractivity contribution in [3.63, 3.8) is 0 Å². The van der Waals surface area contributed by atoms with Gasteiger partial charge in [0.2, 0.25) is 0 Å². The monoisotopic (exact) mass is 291 g/mol. The van der Waals surface area contributed by atoms with E-state index in [4.69, 9.17) is 17.3 Å². The van der Waals surface area contributed by atoms with Crippen LogP contribution in [0.2, 0.25) is 5.02 Å². The van der Waals surface area contributed by atoms with E-state index in [1.807, 2.05) is 0 Å². The zero-order chi connectivity index (χ0) is 12.4. The zero-order valence-electron chi connectivity index (χ0n) is 9.71. The fourth-order valence-electron chi connectivity index (χ4n) is 2.03. The molecule has 1 atom stereocenters. The molecule has 0 amide bonds. The maximum atomic E-state index is 10.6. The first kappa shape index (κ1) is 15.2. The van der Waals surface area contributed by atoms with Gasteiger partial charge in [0.25, 0.3) is 5.69 Å². The number of nitro groups is 1. The SMILES string of the molecule is Cl.N[C@@H]1CCN(Cc2ccc([N+](=O)[O-])cc2Cl)C1. The molecular weight excluding hydrogens is 277 g/mol. The molecule has 18 heavy (non-hydrogen) atoms. The zero-order valence-corrected chi connectivity index (χ0v) is 11.3. The summed E-state index contributed by atoms with van der Waals surface area (Å²) < 4.78 is 0. The fraction of sp³-hybridized carbons (Fsp3) is 0.455. The molecule has 100 valence electrons. The summed E-state index contributed by atoms with van der Waals surface area (Å²) in [5.41, 5.74) is 6.75. The molecule has 2 N–H and O–H groups in total. The van der Waals surface area contributed by atoms with Gasteiger partial charge >= 0.3 is 0 Å². The summed E-state index contributed by atoms with van der Waals surface area (Å²) in [5, 5.41) is 11.0.